The van der Waals surface area contributed by atoms with Gasteiger partial charge in [0.1, 0.15) is 0 Å². The molecule has 0 aliphatic carbocycles. The van der Waals surface area contributed by atoms with Crippen molar-refractivity contribution in [1.29, 1.82) is 0 Å². The topological polar surface area (TPSA) is 66.6 Å². The first-order chi connectivity index (χ1) is 8.06. The second-order valence-corrected chi connectivity index (χ2v) is 4.43. The minimum Gasteiger partial charge on any atom is -0.397 e. The van der Waals surface area contributed by atoms with Crippen LogP contribution in [0.3, 0.4) is 0 Å². The third kappa shape index (κ3) is 3.75. The lowest BCUT2D eigenvalue weighted by molar-refractivity contribution is -0.119. The van der Waals surface area contributed by atoms with E-state index in [0.29, 0.717) is 17.8 Å². The summed E-state index contributed by atoms with van der Waals surface area (Å²) in [7, 11) is 0. The fourth-order valence-corrected chi connectivity index (χ4v) is 1.67. The van der Waals surface area contributed by atoms with Crippen molar-refractivity contribution >= 4 is 17.3 Å². The number of nitrogens with two attached hydrogens (primary N) is 1. The van der Waals surface area contributed by atoms with E-state index in [0.717, 1.165) is 0 Å². The number of benzene rings is 1. The summed E-state index contributed by atoms with van der Waals surface area (Å²) in [6, 6.07) is 7.20. The second-order valence-electron chi connectivity index (χ2n) is 4.43. The molecule has 0 spiro atoms. The van der Waals surface area contributed by atoms with Gasteiger partial charge in [0.25, 0.3) is 0 Å². The van der Waals surface area contributed by atoms with Crippen LogP contribution in [0.4, 0.5) is 11.4 Å². The molecule has 0 fully saturated rings. The van der Waals surface area contributed by atoms with Gasteiger partial charge < -0.3 is 15.7 Å². The van der Waals surface area contributed by atoms with Crippen LogP contribution >= 0.6 is 0 Å². The average Bonchev–Trinajstić information content (AvgIpc) is 2.26. The molecule has 0 bridgehead atoms. The largest absolute Gasteiger partial charge is 0.397 e. The molecule has 0 unspecified atom stereocenters. The average molecular weight is 236 g/mol. The van der Waals surface area contributed by atoms with Crippen molar-refractivity contribution in [3.63, 3.8) is 0 Å². The third-order valence-corrected chi connectivity index (χ3v) is 2.44. The molecular weight excluding hydrogens is 216 g/mol. The van der Waals surface area contributed by atoms with Crippen LogP contribution in [0.25, 0.3) is 0 Å². The summed E-state index contributed by atoms with van der Waals surface area (Å²) in [5.41, 5.74) is 7.07. The maximum Gasteiger partial charge on any atom is 0.227 e. The third-order valence-electron chi connectivity index (χ3n) is 2.44. The first-order valence-corrected chi connectivity index (χ1v) is 5.82. The Labute approximate surface area is 102 Å². The van der Waals surface area contributed by atoms with Gasteiger partial charge in [-0.1, -0.05) is 26.0 Å². The molecule has 0 aliphatic heterocycles. The Hall–Kier alpha value is -1.55. The Balaban J connectivity index is 2.93. The van der Waals surface area contributed by atoms with Gasteiger partial charge in [-0.3, -0.25) is 4.79 Å². The highest BCUT2D eigenvalue weighted by Gasteiger charge is 2.17. The quantitative estimate of drug-likeness (QED) is 0.764. The number of hydrogen-bond donors (Lipinski definition) is 2. The van der Waals surface area contributed by atoms with Crippen molar-refractivity contribution in [2.75, 3.05) is 23.8 Å². The minimum atomic E-state index is -0.0713. The molecule has 4 nitrogen and oxygen atoms in total. The molecular formula is C13H20N2O2. The van der Waals surface area contributed by atoms with Gasteiger partial charge in [0.05, 0.1) is 18.0 Å². The first kappa shape index (κ1) is 13.5. The van der Waals surface area contributed by atoms with Crippen molar-refractivity contribution in [2.45, 2.75) is 20.3 Å². The number of amides is 1. The van der Waals surface area contributed by atoms with Gasteiger partial charge in [0, 0.05) is 13.0 Å². The molecule has 0 aliphatic rings. The van der Waals surface area contributed by atoms with Crippen LogP contribution in [0.1, 0.15) is 20.3 Å². The minimum absolute atomic E-state index is 0.00745. The van der Waals surface area contributed by atoms with E-state index in [2.05, 4.69) is 0 Å². The molecule has 0 atom stereocenters. The van der Waals surface area contributed by atoms with Crippen molar-refractivity contribution < 1.29 is 9.90 Å². The van der Waals surface area contributed by atoms with Crippen molar-refractivity contribution in [1.82, 2.24) is 0 Å². The molecule has 1 aromatic carbocycles. The lowest BCUT2D eigenvalue weighted by Crippen LogP contribution is -2.34. The van der Waals surface area contributed by atoms with Crippen LogP contribution in [-0.2, 0) is 4.79 Å². The number of aliphatic hydroxyl groups excluding tert-OH is 1. The summed E-state index contributed by atoms with van der Waals surface area (Å²) >= 11 is 0. The maximum atomic E-state index is 12.1. The summed E-state index contributed by atoms with van der Waals surface area (Å²) in [5.74, 6) is 0.278. The Morgan fingerprint density at radius 1 is 1.41 bits per heavy atom. The molecule has 4 heteroatoms. The number of anilines is 2. The monoisotopic (exact) mass is 236 g/mol. The number of hydrogen-bond acceptors (Lipinski definition) is 3. The Kier molecular flexibility index (Phi) is 4.97. The fourth-order valence-electron chi connectivity index (χ4n) is 1.67. The standard InChI is InChI=1S/C13H20N2O2/c1-10(2)9-13(17)15(7-8-16)12-6-4-3-5-11(12)14/h3-6,10,16H,7-9,14H2,1-2H3. The zero-order valence-electron chi connectivity index (χ0n) is 10.4. The zero-order valence-corrected chi connectivity index (χ0v) is 10.4. The summed E-state index contributed by atoms with van der Waals surface area (Å²) < 4.78 is 0. The van der Waals surface area contributed by atoms with Crippen LogP contribution in [0.15, 0.2) is 24.3 Å². The summed E-state index contributed by atoms with van der Waals surface area (Å²) in [6.07, 6.45) is 0.453. The molecule has 0 aromatic heterocycles. The summed E-state index contributed by atoms with van der Waals surface area (Å²) in [6.45, 7) is 4.19. The van der Waals surface area contributed by atoms with E-state index < -0.39 is 0 Å². The normalized spacial score (nSPS) is 10.6. The molecule has 0 heterocycles. The lowest BCUT2D eigenvalue weighted by Gasteiger charge is -2.24. The SMILES string of the molecule is CC(C)CC(=O)N(CCO)c1ccccc1N. The first-order valence-electron chi connectivity index (χ1n) is 5.82. The van der Waals surface area contributed by atoms with Gasteiger partial charge in [-0.25, -0.2) is 0 Å². The van der Waals surface area contributed by atoms with Crippen LogP contribution in [0, 0.1) is 5.92 Å². The van der Waals surface area contributed by atoms with E-state index in [-0.39, 0.29) is 25.0 Å². The summed E-state index contributed by atoms with van der Waals surface area (Å²) in [4.78, 5) is 13.6. The van der Waals surface area contributed by atoms with Crippen LogP contribution in [0.5, 0.6) is 0 Å². The van der Waals surface area contributed by atoms with Gasteiger partial charge >= 0.3 is 0 Å². The van der Waals surface area contributed by atoms with E-state index in [1.54, 1.807) is 17.0 Å². The van der Waals surface area contributed by atoms with E-state index in [9.17, 15) is 4.79 Å². The predicted octanol–water partition coefficient (Wildman–Crippen LogP) is 1.64. The van der Waals surface area contributed by atoms with Gasteiger partial charge in [-0.15, -0.1) is 0 Å². The Morgan fingerprint density at radius 3 is 2.59 bits per heavy atom. The van der Waals surface area contributed by atoms with Gasteiger partial charge in [-0.05, 0) is 18.1 Å². The van der Waals surface area contributed by atoms with Crippen LogP contribution in [0.2, 0.25) is 0 Å². The van der Waals surface area contributed by atoms with Crippen LogP contribution < -0.4 is 10.6 Å². The van der Waals surface area contributed by atoms with Crippen molar-refractivity contribution in [3.05, 3.63) is 24.3 Å². The fraction of sp³-hybridized carbons (Fsp3) is 0.462. The predicted molar refractivity (Wildman–Crippen MR) is 69.7 cm³/mol. The molecule has 0 radical (unpaired) electrons. The Bertz CT molecular complexity index is 377. The molecule has 17 heavy (non-hydrogen) atoms. The number of rotatable bonds is 5. The number of para-hydroxylation sites is 2. The number of nitrogen functional groups attached to an aromatic ring is 1. The molecule has 3 N–H and O–H groups in total. The molecule has 1 rings (SSSR count). The lowest BCUT2D eigenvalue weighted by atomic mass is 10.1. The van der Waals surface area contributed by atoms with Crippen molar-refractivity contribution in [2.24, 2.45) is 5.92 Å². The second kappa shape index (κ2) is 6.25. The highest BCUT2D eigenvalue weighted by atomic mass is 16.3. The number of carbonyl (C=O) groups is 1. The molecule has 0 saturated carbocycles. The maximum absolute atomic E-state index is 12.1. The van der Waals surface area contributed by atoms with E-state index in [4.69, 9.17) is 10.8 Å². The molecule has 0 saturated heterocycles. The van der Waals surface area contributed by atoms with Gasteiger partial charge in [-0.2, -0.15) is 0 Å². The van der Waals surface area contributed by atoms with E-state index in [1.165, 1.54) is 0 Å². The Morgan fingerprint density at radius 2 is 2.06 bits per heavy atom. The van der Waals surface area contributed by atoms with Gasteiger partial charge in [0.15, 0.2) is 0 Å². The summed E-state index contributed by atoms with van der Waals surface area (Å²) in [5, 5.41) is 9.04. The van der Waals surface area contributed by atoms with Crippen LogP contribution in [-0.4, -0.2) is 24.2 Å². The zero-order chi connectivity index (χ0) is 12.8. The molecule has 94 valence electrons. The smallest absolute Gasteiger partial charge is 0.227 e. The van der Waals surface area contributed by atoms with Gasteiger partial charge in [0.2, 0.25) is 5.91 Å². The number of carbonyl (C=O) groups excluding carboxylic acids is 1. The number of nitrogens with zero attached hydrogens (tertiary/aromatic N) is 1. The molecule has 1 amide bonds. The van der Waals surface area contributed by atoms with E-state index >= 15 is 0 Å². The highest BCUT2D eigenvalue weighted by molar-refractivity contribution is 5.96. The number of aliphatic hydroxyl groups is 1. The van der Waals surface area contributed by atoms with Crippen molar-refractivity contribution in [3.8, 4) is 0 Å². The van der Waals surface area contributed by atoms with E-state index in [1.807, 2.05) is 26.0 Å². The highest BCUT2D eigenvalue weighted by Crippen LogP contribution is 2.23. The molecule has 1 aromatic rings.